The van der Waals surface area contributed by atoms with E-state index in [4.69, 9.17) is 13.9 Å². The van der Waals surface area contributed by atoms with E-state index in [0.717, 1.165) is 15.9 Å². The van der Waals surface area contributed by atoms with Gasteiger partial charge in [0.05, 0.1) is 25.4 Å². The SMILES string of the molecule is C=CCN(C(=O)CO)[C@@H](CO[Si](c1ccccc1)(c1ccccc1)C(C)(C)C)c1cccc(NC(=O)OCc2ccccc2)c1OC. The first-order valence-electron chi connectivity index (χ1n) is 15.6. The molecular weight excluding hydrogens is 609 g/mol. The van der Waals surface area contributed by atoms with Crippen molar-refractivity contribution in [3.05, 3.63) is 133 Å². The molecule has 4 aromatic rings. The number of methoxy groups -OCH3 is 1. The van der Waals surface area contributed by atoms with Crippen molar-refractivity contribution >= 4 is 36.4 Å². The second-order valence-electron chi connectivity index (χ2n) is 12.1. The van der Waals surface area contributed by atoms with Crippen LogP contribution in [-0.2, 0) is 20.6 Å². The van der Waals surface area contributed by atoms with Gasteiger partial charge in [0, 0.05) is 12.1 Å². The molecule has 246 valence electrons. The molecule has 0 aromatic heterocycles. The average Bonchev–Trinajstić information content (AvgIpc) is 3.09. The molecule has 8 nitrogen and oxygen atoms in total. The second kappa shape index (κ2) is 16.2. The van der Waals surface area contributed by atoms with Crippen molar-refractivity contribution < 1.29 is 28.6 Å². The lowest BCUT2D eigenvalue weighted by atomic mass is 10.0. The van der Waals surface area contributed by atoms with Crippen LogP contribution in [0.1, 0.15) is 37.9 Å². The highest BCUT2D eigenvalue weighted by atomic mass is 28.4. The predicted octanol–water partition coefficient (Wildman–Crippen LogP) is 6.07. The standard InChI is InChI=1S/C38H44N2O6Si/c1-6-25-40(35(42)26-41)34(28-46-47(38(2,3)4,30-19-12-8-13-20-30)31-21-14-9-15-22-31)32-23-16-24-33(36(32)44-5)39-37(43)45-27-29-17-10-7-11-18-29/h6-24,34,41H,1,25-28H2,2-5H3,(H,39,43)/t34-/m0/s1. The summed E-state index contributed by atoms with van der Waals surface area (Å²) in [5.41, 5.74) is 1.81. The molecular formula is C38H44N2O6Si. The van der Waals surface area contributed by atoms with E-state index in [0.29, 0.717) is 17.0 Å². The Kier molecular flexibility index (Phi) is 12.1. The zero-order valence-electron chi connectivity index (χ0n) is 27.5. The number of nitrogens with one attached hydrogen (secondary N) is 1. The van der Waals surface area contributed by atoms with Crippen LogP contribution in [0.25, 0.3) is 0 Å². The zero-order chi connectivity index (χ0) is 33.9. The summed E-state index contributed by atoms with van der Waals surface area (Å²) in [7, 11) is -1.52. The zero-order valence-corrected chi connectivity index (χ0v) is 28.5. The van der Waals surface area contributed by atoms with Crippen LogP contribution in [0.3, 0.4) is 0 Å². The van der Waals surface area contributed by atoms with Crippen LogP contribution in [0, 0.1) is 0 Å². The van der Waals surface area contributed by atoms with Crippen LogP contribution in [0.15, 0.2) is 122 Å². The normalized spacial score (nSPS) is 12.1. The molecule has 4 aromatic carbocycles. The number of aliphatic hydroxyl groups excluding tert-OH is 1. The first-order valence-corrected chi connectivity index (χ1v) is 17.5. The van der Waals surface area contributed by atoms with Crippen molar-refractivity contribution in [2.24, 2.45) is 0 Å². The molecule has 0 unspecified atom stereocenters. The number of aliphatic hydroxyl groups is 1. The van der Waals surface area contributed by atoms with E-state index < -0.39 is 33.0 Å². The van der Waals surface area contributed by atoms with Gasteiger partial charge in [-0.05, 0) is 27.0 Å². The summed E-state index contributed by atoms with van der Waals surface area (Å²) in [6, 6.07) is 34.4. The van der Waals surface area contributed by atoms with Gasteiger partial charge in [-0.3, -0.25) is 10.1 Å². The summed E-state index contributed by atoms with van der Waals surface area (Å²) in [6.45, 7) is 10.0. The highest BCUT2D eigenvalue weighted by Crippen LogP contribution is 2.40. The van der Waals surface area contributed by atoms with E-state index >= 15 is 0 Å². The van der Waals surface area contributed by atoms with Gasteiger partial charge in [0.1, 0.15) is 19.0 Å². The quantitative estimate of drug-likeness (QED) is 0.127. The summed E-state index contributed by atoms with van der Waals surface area (Å²) < 4.78 is 18.6. The fourth-order valence-electron chi connectivity index (χ4n) is 5.96. The lowest BCUT2D eigenvalue weighted by molar-refractivity contribution is -0.136. The Morgan fingerprint density at radius 1 is 0.894 bits per heavy atom. The van der Waals surface area contributed by atoms with Crippen molar-refractivity contribution in [2.75, 3.05) is 32.2 Å². The summed E-state index contributed by atoms with van der Waals surface area (Å²) >= 11 is 0. The third kappa shape index (κ3) is 8.18. The molecule has 0 radical (unpaired) electrons. The number of para-hydroxylation sites is 1. The van der Waals surface area contributed by atoms with Crippen LogP contribution >= 0.6 is 0 Å². The van der Waals surface area contributed by atoms with Gasteiger partial charge in [-0.2, -0.15) is 0 Å². The summed E-state index contributed by atoms with van der Waals surface area (Å²) in [6.07, 6.45) is 0.956. The van der Waals surface area contributed by atoms with Crippen LogP contribution in [0.2, 0.25) is 5.04 Å². The van der Waals surface area contributed by atoms with E-state index in [1.165, 1.54) is 12.0 Å². The average molecular weight is 653 g/mol. The van der Waals surface area contributed by atoms with Crippen LogP contribution in [0.4, 0.5) is 10.5 Å². The van der Waals surface area contributed by atoms with Gasteiger partial charge >= 0.3 is 6.09 Å². The molecule has 0 saturated heterocycles. The minimum absolute atomic E-state index is 0.0745. The third-order valence-corrected chi connectivity index (χ3v) is 13.1. The van der Waals surface area contributed by atoms with Crippen LogP contribution in [0.5, 0.6) is 5.75 Å². The number of amides is 2. The van der Waals surface area contributed by atoms with E-state index in [1.54, 1.807) is 18.2 Å². The number of hydrogen-bond acceptors (Lipinski definition) is 6. The van der Waals surface area contributed by atoms with Crippen LogP contribution < -0.4 is 20.4 Å². The summed E-state index contributed by atoms with van der Waals surface area (Å²) in [4.78, 5) is 27.7. The number of hydrogen-bond donors (Lipinski definition) is 2. The van der Waals surface area contributed by atoms with E-state index in [1.807, 2.05) is 72.8 Å². The minimum atomic E-state index is -3.03. The number of ether oxygens (including phenoxy) is 2. The number of benzene rings is 4. The van der Waals surface area contributed by atoms with Gasteiger partial charge in [0.2, 0.25) is 5.91 Å². The molecule has 47 heavy (non-hydrogen) atoms. The Bertz CT molecular complexity index is 1570. The maximum atomic E-state index is 13.3. The highest BCUT2D eigenvalue weighted by molar-refractivity contribution is 6.99. The van der Waals surface area contributed by atoms with Crippen molar-refractivity contribution in [1.29, 1.82) is 0 Å². The van der Waals surface area contributed by atoms with Crippen molar-refractivity contribution in [2.45, 2.75) is 38.5 Å². The Balaban J connectivity index is 1.78. The van der Waals surface area contributed by atoms with Crippen LogP contribution in [-0.4, -0.2) is 57.2 Å². The third-order valence-electron chi connectivity index (χ3n) is 8.09. The highest BCUT2D eigenvalue weighted by Gasteiger charge is 2.50. The molecule has 2 amide bonds. The molecule has 0 aliphatic carbocycles. The second-order valence-corrected chi connectivity index (χ2v) is 16.4. The minimum Gasteiger partial charge on any atom is -0.494 e. The topological polar surface area (TPSA) is 97.3 Å². The van der Waals surface area contributed by atoms with Crippen molar-refractivity contribution in [3.63, 3.8) is 0 Å². The fourth-order valence-corrected chi connectivity index (χ4v) is 10.5. The molecule has 0 aliphatic heterocycles. The summed E-state index contributed by atoms with van der Waals surface area (Å²) in [5.74, 6) is -0.149. The molecule has 0 bridgehead atoms. The number of rotatable bonds is 14. The molecule has 0 spiro atoms. The number of carbonyl (C=O) groups excluding carboxylic acids is 2. The maximum absolute atomic E-state index is 13.3. The van der Waals surface area contributed by atoms with Gasteiger partial charge < -0.3 is 23.9 Å². The Labute approximate surface area is 278 Å². The summed E-state index contributed by atoms with van der Waals surface area (Å²) in [5, 5.41) is 14.7. The van der Waals surface area contributed by atoms with E-state index in [-0.39, 0.29) is 24.8 Å². The molecule has 4 rings (SSSR count). The van der Waals surface area contributed by atoms with Crippen molar-refractivity contribution in [1.82, 2.24) is 4.90 Å². The molecule has 0 fully saturated rings. The Morgan fingerprint density at radius 3 is 1.98 bits per heavy atom. The first-order chi connectivity index (χ1) is 22.7. The van der Waals surface area contributed by atoms with E-state index in [2.05, 4.69) is 56.9 Å². The fraction of sp³-hybridized carbons (Fsp3) is 0.263. The smallest absolute Gasteiger partial charge is 0.412 e. The molecule has 0 heterocycles. The molecule has 0 aliphatic rings. The largest absolute Gasteiger partial charge is 0.494 e. The Morgan fingerprint density at radius 2 is 1.47 bits per heavy atom. The lowest BCUT2D eigenvalue weighted by Crippen LogP contribution is -2.67. The van der Waals surface area contributed by atoms with Gasteiger partial charge in [-0.15, -0.1) is 6.58 Å². The monoisotopic (exact) mass is 652 g/mol. The van der Waals surface area contributed by atoms with Gasteiger partial charge in [0.25, 0.3) is 8.32 Å². The van der Waals surface area contributed by atoms with Gasteiger partial charge in [-0.25, -0.2) is 4.79 Å². The molecule has 2 N–H and O–H groups in total. The molecule has 1 atom stereocenters. The number of carbonyl (C=O) groups is 2. The van der Waals surface area contributed by atoms with Gasteiger partial charge in [-0.1, -0.05) is 130 Å². The predicted molar refractivity (Wildman–Crippen MR) is 189 cm³/mol. The maximum Gasteiger partial charge on any atom is 0.412 e. The van der Waals surface area contributed by atoms with Gasteiger partial charge in [0.15, 0.2) is 0 Å². The molecule has 0 saturated carbocycles. The molecule has 9 heteroatoms. The Hall–Kier alpha value is -4.70. The van der Waals surface area contributed by atoms with E-state index in [9.17, 15) is 14.7 Å². The number of anilines is 1. The van der Waals surface area contributed by atoms with Crippen molar-refractivity contribution in [3.8, 4) is 5.75 Å². The first kappa shape index (κ1) is 35.2. The number of nitrogens with zero attached hydrogens (tertiary/aromatic N) is 1. The lowest BCUT2D eigenvalue weighted by Gasteiger charge is -2.44.